The average Bonchev–Trinajstić information content (AvgIpc) is 3.06. The summed E-state index contributed by atoms with van der Waals surface area (Å²) in [5.74, 6) is 2.17. The molecule has 22 heavy (non-hydrogen) atoms. The molecule has 0 aliphatic carbocycles. The first-order valence-corrected chi connectivity index (χ1v) is 8.42. The maximum absolute atomic E-state index is 12.5. The molecular formula is C15H18N4O2S. The third-order valence-electron chi connectivity index (χ3n) is 3.71. The van der Waals surface area contributed by atoms with E-state index in [-0.39, 0.29) is 17.5 Å². The summed E-state index contributed by atoms with van der Waals surface area (Å²) in [6.07, 6.45) is 0. The van der Waals surface area contributed by atoms with Crippen LogP contribution in [0.3, 0.4) is 0 Å². The fraction of sp³-hybridized carbons (Fsp3) is 0.400. The van der Waals surface area contributed by atoms with Crippen LogP contribution in [0.2, 0.25) is 0 Å². The van der Waals surface area contributed by atoms with E-state index in [4.69, 9.17) is 0 Å². The van der Waals surface area contributed by atoms with E-state index in [0.717, 1.165) is 11.6 Å². The van der Waals surface area contributed by atoms with Crippen LogP contribution in [0.1, 0.15) is 12.7 Å². The number of nitrogens with one attached hydrogen (secondary N) is 2. The van der Waals surface area contributed by atoms with E-state index in [1.54, 1.807) is 28.8 Å². The van der Waals surface area contributed by atoms with Gasteiger partial charge < -0.3 is 9.88 Å². The van der Waals surface area contributed by atoms with E-state index in [0.29, 0.717) is 29.8 Å². The van der Waals surface area contributed by atoms with Crippen molar-refractivity contribution in [1.29, 1.82) is 0 Å². The number of hydrogen-bond donors (Lipinski definition) is 2. The Kier molecular flexibility index (Phi) is 4.44. The molecule has 1 unspecified atom stereocenters. The Bertz CT molecular complexity index is 740. The number of carbonyl (C=O) groups is 1. The van der Waals surface area contributed by atoms with Crippen LogP contribution in [0.4, 0.5) is 0 Å². The number of rotatable bonds is 4. The fourth-order valence-corrected chi connectivity index (χ4v) is 3.44. The number of likely N-dealkylation sites (N-methyl/N-ethyl adjacent to an activating group) is 1. The second-order valence-electron chi connectivity index (χ2n) is 5.15. The molecule has 0 radical (unpaired) electrons. The summed E-state index contributed by atoms with van der Waals surface area (Å²) in [5, 5.41) is 3.74. The molecule has 0 spiro atoms. The highest BCUT2D eigenvalue weighted by molar-refractivity contribution is 7.99. The van der Waals surface area contributed by atoms with Crippen LogP contribution in [-0.4, -0.2) is 45.0 Å². The standard InChI is InChI=1S/C15H18N4O2S/c1-2-19(15(21)12-8-22-9-16-12)7-13-17-11-6-4-3-5-10(11)14(20)18-13/h3-6,12,16H,2,7-9H2,1H3,(H,17,18,20). The number of hydrogen-bond acceptors (Lipinski definition) is 5. The minimum atomic E-state index is -0.168. The number of aromatic amines is 1. The molecule has 1 saturated heterocycles. The lowest BCUT2D eigenvalue weighted by atomic mass is 10.2. The summed E-state index contributed by atoms with van der Waals surface area (Å²) in [4.78, 5) is 33.5. The molecule has 2 N–H and O–H groups in total. The van der Waals surface area contributed by atoms with Gasteiger partial charge in [-0.05, 0) is 19.1 Å². The van der Waals surface area contributed by atoms with Gasteiger partial charge in [-0.15, -0.1) is 11.8 Å². The monoisotopic (exact) mass is 318 g/mol. The van der Waals surface area contributed by atoms with Crippen molar-refractivity contribution >= 4 is 28.6 Å². The molecule has 1 aliphatic rings. The van der Waals surface area contributed by atoms with Crippen LogP contribution in [-0.2, 0) is 11.3 Å². The lowest BCUT2D eigenvalue weighted by Gasteiger charge is -2.23. The zero-order valence-corrected chi connectivity index (χ0v) is 13.2. The zero-order chi connectivity index (χ0) is 15.5. The maximum atomic E-state index is 12.5. The van der Waals surface area contributed by atoms with E-state index in [9.17, 15) is 9.59 Å². The molecule has 1 aromatic heterocycles. The number of para-hydroxylation sites is 1. The summed E-state index contributed by atoms with van der Waals surface area (Å²) in [5.41, 5.74) is 0.484. The topological polar surface area (TPSA) is 78.1 Å². The van der Waals surface area contributed by atoms with Crippen molar-refractivity contribution in [3.05, 3.63) is 40.4 Å². The van der Waals surface area contributed by atoms with E-state index in [2.05, 4.69) is 15.3 Å². The molecule has 0 bridgehead atoms. The molecule has 2 heterocycles. The van der Waals surface area contributed by atoms with E-state index in [1.165, 1.54) is 0 Å². The van der Waals surface area contributed by atoms with Crippen molar-refractivity contribution in [2.24, 2.45) is 0 Å². The first-order valence-electron chi connectivity index (χ1n) is 7.27. The number of nitrogens with zero attached hydrogens (tertiary/aromatic N) is 2. The average molecular weight is 318 g/mol. The molecule has 7 heteroatoms. The molecular weight excluding hydrogens is 300 g/mol. The Morgan fingerprint density at radius 1 is 1.45 bits per heavy atom. The van der Waals surface area contributed by atoms with Gasteiger partial charge in [0, 0.05) is 18.2 Å². The molecule has 1 amide bonds. The fourth-order valence-electron chi connectivity index (χ4n) is 2.51. The van der Waals surface area contributed by atoms with Gasteiger partial charge in [0.05, 0.1) is 23.5 Å². The van der Waals surface area contributed by atoms with Gasteiger partial charge >= 0.3 is 0 Å². The quantitative estimate of drug-likeness (QED) is 0.877. The Morgan fingerprint density at radius 3 is 3.00 bits per heavy atom. The molecule has 1 aliphatic heterocycles. The molecule has 116 valence electrons. The number of H-pyrrole nitrogens is 1. The Labute approximate surface area is 132 Å². The minimum Gasteiger partial charge on any atom is -0.334 e. The molecule has 2 aromatic rings. The van der Waals surface area contributed by atoms with Crippen LogP contribution in [0, 0.1) is 0 Å². The van der Waals surface area contributed by atoms with E-state index < -0.39 is 0 Å². The van der Waals surface area contributed by atoms with Crippen molar-refractivity contribution < 1.29 is 4.79 Å². The lowest BCUT2D eigenvalue weighted by molar-refractivity contribution is -0.133. The number of amides is 1. The van der Waals surface area contributed by atoms with Gasteiger partial charge in [-0.1, -0.05) is 12.1 Å². The normalized spacial score (nSPS) is 17.8. The molecule has 1 atom stereocenters. The van der Waals surface area contributed by atoms with Crippen molar-refractivity contribution in [2.75, 3.05) is 18.2 Å². The van der Waals surface area contributed by atoms with Crippen LogP contribution in [0.15, 0.2) is 29.1 Å². The number of aromatic nitrogens is 2. The first kappa shape index (κ1) is 15.1. The van der Waals surface area contributed by atoms with Gasteiger partial charge in [0.1, 0.15) is 5.82 Å². The predicted molar refractivity (Wildman–Crippen MR) is 87.7 cm³/mol. The predicted octanol–water partition coefficient (Wildman–Crippen LogP) is 0.934. The van der Waals surface area contributed by atoms with Gasteiger partial charge in [-0.25, -0.2) is 4.98 Å². The summed E-state index contributed by atoms with van der Waals surface area (Å²) in [6, 6.07) is 7.07. The molecule has 3 rings (SSSR count). The highest BCUT2D eigenvalue weighted by atomic mass is 32.2. The molecule has 6 nitrogen and oxygen atoms in total. The largest absolute Gasteiger partial charge is 0.334 e. The van der Waals surface area contributed by atoms with Gasteiger partial charge in [-0.2, -0.15) is 0 Å². The second-order valence-corrected chi connectivity index (χ2v) is 6.18. The zero-order valence-electron chi connectivity index (χ0n) is 12.3. The minimum absolute atomic E-state index is 0.0586. The van der Waals surface area contributed by atoms with Crippen LogP contribution >= 0.6 is 11.8 Å². The van der Waals surface area contributed by atoms with Crippen molar-refractivity contribution in [3.63, 3.8) is 0 Å². The van der Waals surface area contributed by atoms with Gasteiger partial charge in [-0.3, -0.25) is 14.9 Å². The lowest BCUT2D eigenvalue weighted by Crippen LogP contribution is -2.44. The Hall–Kier alpha value is -1.86. The number of carbonyl (C=O) groups excluding carboxylic acids is 1. The molecule has 1 aromatic carbocycles. The van der Waals surface area contributed by atoms with Crippen molar-refractivity contribution in [3.8, 4) is 0 Å². The number of fused-ring (bicyclic) bond motifs is 1. The summed E-state index contributed by atoms with van der Waals surface area (Å²) >= 11 is 1.72. The summed E-state index contributed by atoms with van der Waals surface area (Å²) in [7, 11) is 0. The summed E-state index contributed by atoms with van der Waals surface area (Å²) in [6.45, 7) is 2.83. The smallest absolute Gasteiger partial charge is 0.258 e. The highest BCUT2D eigenvalue weighted by Gasteiger charge is 2.27. The summed E-state index contributed by atoms with van der Waals surface area (Å²) < 4.78 is 0. The highest BCUT2D eigenvalue weighted by Crippen LogP contribution is 2.13. The number of thioether (sulfide) groups is 1. The van der Waals surface area contributed by atoms with Crippen molar-refractivity contribution in [2.45, 2.75) is 19.5 Å². The molecule has 0 saturated carbocycles. The van der Waals surface area contributed by atoms with Gasteiger partial charge in [0.25, 0.3) is 5.56 Å². The Balaban J connectivity index is 1.84. The van der Waals surface area contributed by atoms with Crippen LogP contribution in [0.5, 0.6) is 0 Å². The first-order chi connectivity index (χ1) is 10.7. The van der Waals surface area contributed by atoms with E-state index in [1.807, 2.05) is 19.1 Å². The number of benzene rings is 1. The third-order valence-corrected chi connectivity index (χ3v) is 4.65. The van der Waals surface area contributed by atoms with Crippen LogP contribution in [0.25, 0.3) is 10.9 Å². The SMILES string of the molecule is CCN(Cc1nc2ccccc2c(=O)[nH]1)C(=O)C1CSCN1. The maximum Gasteiger partial charge on any atom is 0.258 e. The molecule has 1 fully saturated rings. The van der Waals surface area contributed by atoms with Gasteiger partial charge in [0.15, 0.2) is 0 Å². The van der Waals surface area contributed by atoms with E-state index >= 15 is 0 Å². The van der Waals surface area contributed by atoms with Crippen LogP contribution < -0.4 is 10.9 Å². The van der Waals surface area contributed by atoms with Crippen molar-refractivity contribution in [1.82, 2.24) is 20.2 Å². The Morgan fingerprint density at radius 2 is 2.27 bits per heavy atom. The van der Waals surface area contributed by atoms with Gasteiger partial charge in [0.2, 0.25) is 5.91 Å². The second kappa shape index (κ2) is 6.50. The third kappa shape index (κ3) is 3.00.